The average molecular weight is 407 g/mol. The summed E-state index contributed by atoms with van der Waals surface area (Å²) in [6.07, 6.45) is 2.81. The SMILES string of the molecule is CCN(CC)c1ccc(C(=O)NNC(=O)/C=C/c2cc3cccc(OC)c3o2)cc1. The number of fused-ring (bicyclic) bond motifs is 1. The molecule has 0 aliphatic rings. The van der Waals surface area contributed by atoms with Gasteiger partial charge >= 0.3 is 0 Å². The molecule has 0 saturated heterocycles. The van der Waals surface area contributed by atoms with E-state index < -0.39 is 11.8 Å². The zero-order chi connectivity index (χ0) is 21.5. The van der Waals surface area contributed by atoms with Gasteiger partial charge in [-0.15, -0.1) is 0 Å². The summed E-state index contributed by atoms with van der Waals surface area (Å²) in [4.78, 5) is 26.4. The number of hydrogen-bond donors (Lipinski definition) is 2. The number of carbonyl (C=O) groups is 2. The smallest absolute Gasteiger partial charge is 0.269 e. The summed E-state index contributed by atoms with van der Waals surface area (Å²) >= 11 is 0. The number of rotatable bonds is 7. The summed E-state index contributed by atoms with van der Waals surface area (Å²) in [5, 5.41) is 0.871. The molecule has 7 heteroatoms. The van der Waals surface area contributed by atoms with E-state index in [1.54, 1.807) is 31.4 Å². The van der Waals surface area contributed by atoms with Gasteiger partial charge in [-0.1, -0.05) is 12.1 Å². The van der Waals surface area contributed by atoms with Crippen molar-refractivity contribution in [1.82, 2.24) is 10.9 Å². The number of nitrogens with zero attached hydrogens (tertiary/aromatic N) is 1. The van der Waals surface area contributed by atoms with Gasteiger partial charge in [-0.3, -0.25) is 20.4 Å². The van der Waals surface area contributed by atoms with E-state index in [1.165, 1.54) is 12.2 Å². The van der Waals surface area contributed by atoms with Crippen LogP contribution >= 0.6 is 0 Å². The number of carbonyl (C=O) groups excluding carboxylic acids is 2. The van der Waals surface area contributed by atoms with Gasteiger partial charge in [0.15, 0.2) is 11.3 Å². The first-order chi connectivity index (χ1) is 14.5. The number of benzene rings is 2. The highest BCUT2D eigenvalue weighted by Crippen LogP contribution is 2.28. The molecule has 30 heavy (non-hydrogen) atoms. The molecule has 0 fully saturated rings. The van der Waals surface area contributed by atoms with Crippen LogP contribution in [0.2, 0.25) is 0 Å². The van der Waals surface area contributed by atoms with Crippen LogP contribution in [0.4, 0.5) is 5.69 Å². The lowest BCUT2D eigenvalue weighted by Gasteiger charge is -2.21. The van der Waals surface area contributed by atoms with E-state index in [2.05, 4.69) is 29.6 Å². The van der Waals surface area contributed by atoms with Crippen molar-refractivity contribution in [2.75, 3.05) is 25.1 Å². The summed E-state index contributed by atoms with van der Waals surface area (Å²) in [5.74, 6) is 0.255. The van der Waals surface area contributed by atoms with Gasteiger partial charge in [-0.05, 0) is 56.3 Å². The zero-order valence-electron chi connectivity index (χ0n) is 17.3. The van der Waals surface area contributed by atoms with E-state index in [0.717, 1.165) is 24.2 Å². The van der Waals surface area contributed by atoms with Crippen molar-refractivity contribution in [2.24, 2.45) is 0 Å². The molecule has 2 aromatic carbocycles. The number of para-hydroxylation sites is 1. The molecule has 3 rings (SSSR count). The minimum Gasteiger partial charge on any atom is -0.493 e. The first-order valence-corrected chi connectivity index (χ1v) is 9.75. The Labute approximate surface area is 175 Å². The number of anilines is 1. The second-order valence-electron chi connectivity index (χ2n) is 6.52. The van der Waals surface area contributed by atoms with Crippen molar-refractivity contribution >= 4 is 34.5 Å². The molecule has 1 heterocycles. The van der Waals surface area contributed by atoms with E-state index >= 15 is 0 Å². The molecule has 0 atom stereocenters. The minimum atomic E-state index is -0.476. The second kappa shape index (κ2) is 9.65. The van der Waals surface area contributed by atoms with E-state index in [9.17, 15) is 9.59 Å². The second-order valence-corrected chi connectivity index (χ2v) is 6.52. The Kier molecular flexibility index (Phi) is 6.75. The van der Waals surface area contributed by atoms with Crippen molar-refractivity contribution in [3.63, 3.8) is 0 Å². The summed E-state index contributed by atoms with van der Waals surface area (Å²) in [6.45, 7) is 5.94. The highest BCUT2D eigenvalue weighted by atomic mass is 16.5. The number of amides is 2. The van der Waals surface area contributed by atoms with Gasteiger partial charge in [-0.25, -0.2) is 0 Å². The van der Waals surface area contributed by atoms with Gasteiger partial charge in [-0.2, -0.15) is 0 Å². The molecule has 3 aromatic rings. The fourth-order valence-electron chi connectivity index (χ4n) is 3.10. The van der Waals surface area contributed by atoms with Crippen molar-refractivity contribution in [3.05, 3.63) is 65.9 Å². The van der Waals surface area contributed by atoms with Gasteiger partial charge in [0.2, 0.25) is 0 Å². The molecule has 0 bridgehead atoms. The molecule has 0 aliphatic heterocycles. The lowest BCUT2D eigenvalue weighted by Crippen LogP contribution is -2.40. The third-order valence-corrected chi connectivity index (χ3v) is 4.70. The molecular formula is C23H25N3O4. The maximum absolute atomic E-state index is 12.2. The van der Waals surface area contributed by atoms with Gasteiger partial charge in [0.25, 0.3) is 11.8 Å². The predicted octanol–water partition coefficient (Wildman–Crippen LogP) is 3.76. The number of hydrogen-bond acceptors (Lipinski definition) is 5. The average Bonchev–Trinajstić information content (AvgIpc) is 3.20. The van der Waals surface area contributed by atoms with Crippen molar-refractivity contribution in [2.45, 2.75) is 13.8 Å². The third kappa shape index (κ3) is 4.81. The van der Waals surface area contributed by atoms with E-state index in [4.69, 9.17) is 9.15 Å². The van der Waals surface area contributed by atoms with Gasteiger partial charge in [0, 0.05) is 35.8 Å². The highest BCUT2D eigenvalue weighted by Gasteiger charge is 2.09. The van der Waals surface area contributed by atoms with Crippen molar-refractivity contribution < 1.29 is 18.7 Å². The lowest BCUT2D eigenvalue weighted by molar-refractivity contribution is -0.117. The number of methoxy groups -OCH3 is 1. The van der Waals surface area contributed by atoms with Gasteiger partial charge in [0.1, 0.15) is 5.76 Å². The molecule has 2 N–H and O–H groups in total. The maximum atomic E-state index is 12.2. The Hall–Kier alpha value is -3.74. The number of hydrazine groups is 1. The lowest BCUT2D eigenvalue weighted by atomic mass is 10.2. The first kappa shape index (κ1) is 21.0. The normalized spacial score (nSPS) is 10.9. The van der Waals surface area contributed by atoms with Crippen LogP contribution < -0.4 is 20.5 Å². The van der Waals surface area contributed by atoms with Crippen LogP contribution in [0.3, 0.4) is 0 Å². The van der Waals surface area contributed by atoms with Gasteiger partial charge in [0.05, 0.1) is 7.11 Å². The monoisotopic (exact) mass is 407 g/mol. The molecule has 1 aromatic heterocycles. The van der Waals surface area contributed by atoms with Crippen LogP contribution in [0.5, 0.6) is 5.75 Å². The van der Waals surface area contributed by atoms with E-state index in [-0.39, 0.29) is 0 Å². The number of nitrogens with one attached hydrogen (secondary N) is 2. The molecule has 0 radical (unpaired) electrons. The largest absolute Gasteiger partial charge is 0.493 e. The van der Waals surface area contributed by atoms with Crippen LogP contribution in [0, 0.1) is 0 Å². The Morgan fingerprint density at radius 1 is 1.07 bits per heavy atom. The summed E-state index contributed by atoms with van der Waals surface area (Å²) < 4.78 is 11.0. The standard InChI is InChI=1S/C23H25N3O4/c1-4-26(5-2)18-11-9-16(10-12-18)23(28)25-24-21(27)14-13-19-15-17-7-6-8-20(29-3)22(17)30-19/h6-15H,4-5H2,1-3H3,(H,24,27)(H,25,28)/b14-13+. The quantitative estimate of drug-likeness (QED) is 0.460. The predicted molar refractivity (Wildman–Crippen MR) is 117 cm³/mol. The van der Waals surface area contributed by atoms with Crippen molar-refractivity contribution in [1.29, 1.82) is 0 Å². The Morgan fingerprint density at radius 2 is 1.80 bits per heavy atom. The summed E-state index contributed by atoms with van der Waals surface area (Å²) in [7, 11) is 1.57. The fraction of sp³-hybridized carbons (Fsp3) is 0.217. The van der Waals surface area contributed by atoms with Crippen LogP contribution in [-0.4, -0.2) is 32.0 Å². The number of ether oxygens (including phenoxy) is 1. The number of furan rings is 1. The molecule has 0 aliphatic carbocycles. The van der Waals surface area contributed by atoms with Gasteiger partial charge < -0.3 is 14.1 Å². The molecule has 0 spiro atoms. The highest BCUT2D eigenvalue weighted by molar-refractivity contribution is 5.98. The van der Waals surface area contributed by atoms with Crippen LogP contribution in [-0.2, 0) is 4.79 Å². The summed E-state index contributed by atoms with van der Waals surface area (Å²) in [5.41, 5.74) is 6.89. The molecule has 0 unspecified atom stereocenters. The Balaban J connectivity index is 1.57. The van der Waals surface area contributed by atoms with Crippen LogP contribution in [0.25, 0.3) is 17.0 Å². The Bertz CT molecular complexity index is 1050. The van der Waals surface area contributed by atoms with Crippen LogP contribution in [0.15, 0.2) is 59.0 Å². The summed E-state index contributed by atoms with van der Waals surface area (Å²) in [6, 6.07) is 14.6. The molecule has 2 amide bonds. The minimum absolute atomic E-state index is 0.392. The fourth-order valence-corrected chi connectivity index (χ4v) is 3.10. The molecule has 7 nitrogen and oxygen atoms in total. The topological polar surface area (TPSA) is 83.8 Å². The molecule has 0 saturated carbocycles. The molecule has 156 valence electrons. The Morgan fingerprint density at radius 3 is 2.47 bits per heavy atom. The molecular weight excluding hydrogens is 382 g/mol. The maximum Gasteiger partial charge on any atom is 0.269 e. The first-order valence-electron chi connectivity index (χ1n) is 9.75. The van der Waals surface area contributed by atoms with E-state index in [0.29, 0.717) is 22.7 Å². The third-order valence-electron chi connectivity index (χ3n) is 4.70. The van der Waals surface area contributed by atoms with Crippen molar-refractivity contribution in [3.8, 4) is 5.75 Å². The van der Waals surface area contributed by atoms with E-state index in [1.807, 2.05) is 24.3 Å². The van der Waals surface area contributed by atoms with Crippen LogP contribution in [0.1, 0.15) is 30.0 Å². The zero-order valence-corrected chi connectivity index (χ0v) is 17.3.